The minimum atomic E-state index is -0.507. The van der Waals surface area contributed by atoms with Gasteiger partial charge in [0, 0.05) is 6.20 Å². The standard InChI is InChI=1S/C10H9N3S2/c1-10(2,5-11)6-3-7-8(12-4-6)13-9(14)15-7/h3-4H,1-2H3,(H,12,13,14). The Bertz CT molecular complexity index is 601. The number of aromatic nitrogens is 2. The highest BCUT2D eigenvalue weighted by molar-refractivity contribution is 7.73. The molecule has 2 aromatic heterocycles. The molecule has 0 radical (unpaired) electrons. The van der Waals surface area contributed by atoms with E-state index < -0.39 is 5.41 Å². The number of aromatic amines is 1. The predicted molar refractivity (Wildman–Crippen MR) is 63.4 cm³/mol. The molecule has 0 aliphatic carbocycles. The van der Waals surface area contributed by atoms with Gasteiger partial charge in [-0.3, -0.25) is 0 Å². The molecule has 1 N–H and O–H groups in total. The lowest BCUT2D eigenvalue weighted by atomic mass is 9.88. The fourth-order valence-electron chi connectivity index (χ4n) is 1.24. The molecule has 5 heteroatoms. The van der Waals surface area contributed by atoms with Crippen LogP contribution in [-0.4, -0.2) is 9.97 Å². The fourth-order valence-corrected chi connectivity index (χ4v) is 2.34. The molecule has 0 fully saturated rings. The Labute approximate surface area is 96.4 Å². The van der Waals surface area contributed by atoms with Gasteiger partial charge in [0.15, 0.2) is 3.95 Å². The van der Waals surface area contributed by atoms with Crippen LogP contribution in [-0.2, 0) is 5.41 Å². The number of hydrogen-bond acceptors (Lipinski definition) is 4. The number of pyridine rings is 1. The Kier molecular flexibility index (Phi) is 2.33. The van der Waals surface area contributed by atoms with Crippen molar-refractivity contribution in [3.05, 3.63) is 21.8 Å². The monoisotopic (exact) mass is 235 g/mol. The Hall–Kier alpha value is -1.25. The molecule has 0 spiro atoms. The summed E-state index contributed by atoms with van der Waals surface area (Å²) < 4.78 is 1.71. The summed E-state index contributed by atoms with van der Waals surface area (Å²) in [7, 11) is 0. The second kappa shape index (κ2) is 3.40. The van der Waals surface area contributed by atoms with Gasteiger partial charge in [0.1, 0.15) is 5.65 Å². The molecule has 0 bridgehead atoms. The summed E-state index contributed by atoms with van der Waals surface area (Å²) in [6.45, 7) is 3.75. The smallest absolute Gasteiger partial charge is 0.160 e. The van der Waals surface area contributed by atoms with Crippen molar-refractivity contribution in [3.63, 3.8) is 0 Å². The van der Waals surface area contributed by atoms with Crippen molar-refractivity contribution in [2.24, 2.45) is 0 Å². The van der Waals surface area contributed by atoms with Gasteiger partial charge in [-0.15, -0.1) is 11.3 Å². The van der Waals surface area contributed by atoms with Gasteiger partial charge >= 0.3 is 0 Å². The first kappa shape index (κ1) is 10.3. The van der Waals surface area contributed by atoms with Crippen LogP contribution in [0.4, 0.5) is 0 Å². The zero-order chi connectivity index (χ0) is 11.1. The lowest BCUT2D eigenvalue weighted by molar-refractivity contribution is 0.685. The second-order valence-electron chi connectivity index (χ2n) is 3.82. The second-order valence-corrected chi connectivity index (χ2v) is 5.54. The van der Waals surface area contributed by atoms with Crippen molar-refractivity contribution < 1.29 is 0 Å². The summed E-state index contributed by atoms with van der Waals surface area (Å²) >= 11 is 6.52. The van der Waals surface area contributed by atoms with Gasteiger partial charge in [0.05, 0.1) is 16.2 Å². The molecule has 76 valence electrons. The third kappa shape index (κ3) is 1.78. The summed E-state index contributed by atoms with van der Waals surface area (Å²) in [6, 6.07) is 4.23. The largest absolute Gasteiger partial charge is 0.322 e. The predicted octanol–water partition coefficient (Wildman–Crippen LogP) is 3.16. The SMILES string of the molecule is CC(C)(C#N)c1cnc2[nH]c(=S)sc2c1. The molecule has 0 saturated carbocycles. The molecular weight excluding hydrogens is 226 g/mol. The molecule has 0 aliphatic rings. The van der Waals surface area contributed by atoms with Gasteiger partial charge < -0.3 is 4.98 Å². The number of hydrogen-bond donors (Lipinski definition) is 1. The molecule has 2 rings (SSSR count). The summed E-state index contributed by atoms with van der Waals surface area (Å²) in [4.78, 5) is 7.25. The molecule has 0 aromatic carbocycles. The highest BCUT2D eigenvalue weighted by atomic mass is 32.1. The van der Waals surface area contributed by atoms with Crippen LogP contribution in [0.5, 0.6) is 0 Å². The summed E-state index contributed by atoms with van der Waals surface area (Å²) in [5.41, 5.74) is 1.21. The first-order valence-corrected chi connectivity index (χ1v) is 5.66. The van der Waals surface area contributed by atoms with E-state index in [1.807, 2.05) is 19.9 Å². The molecule has 2 aromatic rings. The fraction of sp³-hybridized carbons (Fsp3) is 0.300. The third-order valence-corrected chi connectivity index (χ3v) is 3.45. The van der Waals surface area contributed by atoms with Crippen LogP contribution in [0.25, 0.3) is 10.3 Å². The lowest BCUT2D eigenvalue weighted by Crippen LogP contribution is -2.13. The van der Waals surface area contributed by atoms with Gasteiger partial charge in [-0.1, -0.05) is 0 Å². The van der Waals surface area contributed by atoms with Gasteiger partial charge in [0.2, 0.25) is 0 Å². The summed E-state index contributed by atoms with van der Waals surface area (Å²) in [6.07, 6.45) is 1.73. The van der Waals surface area contributed by atoms with Crippen molar-refractivity contribution in [1.29, 1.82) is 5.26 Å². The van der Waals surface area contributed by atoms with E-state index >= 15 is 0 Å². The minimum absolute atomic E-state index is 0.507. The molecule has 0 amide bonds. The van der Waals surface area contributed by atoms with Gasteiger partial charge in [0.25, 0.3) is 0 Å². The van der Waals surface area contributed by atoms with E-state index in [2.05, 4.69) is 16.0 Å². The third-order valence-electron chi connectivity index (χ3n) is 2.28. The van der Waals surface area contributed by atoms with Crippen LogP contribution in [0.1, 0.15) is 19.4 Å². The molecule has 3 nitrogen and oxygen atoms in total. The van der Waals surface area contributed by atoms with Crippen LogP contribution >= 0.6 is 23.6 Å². The van der Waals surface area contributed by atoms with Crippen LogP contribution < -0.4 is 0 Å². The summed E-state index contributed by atoms with van der Waals surface area (Å²) in [5, 5.41) is 9.02. The zero-order valence-corrected chi connectivity index (χ0v) is 10.00. The van der Waals surface area contributed by atoms with Gasteiger partial charge in [-0.25, -0.2) is 4.98 Å². The average Bonchev–Trinajstić information content (AvgIpc) is 2.56. The van der Waals surface area contributed by atoms with Crippen LogP contribution in [0.2, 0.25) is 0 Å². The van der Waals surface area contributed by atoms with Gasteiger partial charge in [-0.2, -0.15) is 5.26 Å². The van der Waals surface area contributed by atoms with Crippen LogP contribution in [0, 0.1) is 15.3 Å². The number of rotatable bonds is 1. The van der Waals surface area contributed by atoms with Crippen molar-refractivity contribution >= 4 is 33.9 Å². The quantitative estimate of drug-likeness (QED) is 0.772. The van der Waals surface area contributed by atoms with Crippen LogP contribution in [0.3, 0.4) is 0 Å². The number of H-pyrrole nitrogens is 1. The first-order chi connectivity index (χ1) is 7.03. The molecule has 0 saturated heterocycles. The molecular formula is C10H9N3S2. The number of fused-ring (bicyclic) bond motifs is 1. The van der Waals surface area contributed by atoms with Crippen molar-refractivity contribution in [2.45, 2.75) is 19.3 Å². The maximum Gasteiger partial charge on any atom is 0.160 e. The maximum atomic E-state index is 9.02. The zero-order valence-electron chi connectivity index (χ0n) is 8.37. The van der Waals surface area contributed by atoms with Crippen molar-refractivity contribution in [1.82, 2.24) is 9.97 Å². The van der Waals surface area contributed by atoms with Crippen LogP contribution in [0.15, 0.2) is 12.3 Å². The summed E-state index contributed by atoms with van der Waals surface area (Å²) in [5.74, 6) is 0. The number of nitrogens with one attached hydrogen (secondary N) is 1. The first-order valence-electron chi connectivity index (χ1n) is 4.43. The highest BCUT2D eigenvalue weighted by Crippen LogP contribution is 2.26. The topological polar surface area (TPSA) is 52.5 Å². The Balaban J connectivity index is 2.67. The van der Waals surface area contributed by atoms with E-state index in [9.17, 15) is 0 Å². The van der Waals surface area contributed by atoms with E-state index in [0.717, 1.165) is 15.9 Å². The van der Waals surface area contributed by atoms with E-state index in [-0.39, 0.29) is 0 Å². The molecule has 0 unspecified atom stereocenters. The molecule has 0 aliphatic heterocycles. The van der Waals surface area contributed by atoms with Crippen molar-refractivity contribution in [3.8, 4) is 6.07 Å². The molecule has 15 heavy (non-hydrogen) atoms. The minimum Gasteiger partial charge on any atom is -0.322 e. The molecule has 0 atom stereocenters. The van der Waals surface area contributed by atoms with E-state index in [0.29, 0.717) is 3.95 Å². The van der Waals surface area contributed by atoms with Gasteiger partial charge in [-0.05, 0) is 37.7 Å². The lowest BCUT2D eigenvalue weighted by Gasteiger charge is -2.14. The Morgan fingerprint density at radius 3 is 3.00 bits per heavy atom. The maximum absolute atomic E-state index is 9.02. The highest BCUT2D eigenvalue weighted by Gasteiger charge is 2.20. The molecule has 2 heterocycles. The number of nitrogens with zero attached hydrogens (tertiary/aromatic N) is 2. The Morgan fingerprint density at radius 2 is 2.33 bits per heavy atom. The van der Waals surface area contributed by atoms with E-state index in [4.69, 9.17) is 17.5 Å². The van der Waals surface area contributed by atoms with Crippen molar-refractivity contribution in [2.75, 3.05) is 0 Å². The number of thiazole rings is 1. The average molecular weight is 235 g/mol. The van der Waals surface area contributed by atoms with E-state index in [1.165, 1.54) is 11.3 Å². The van der Waals surface area contributed by atoms with E-state index in [1.54, 1.807) is 6.20 Å². The number of nitriles is 1. The Morgan fingerprint density at radius 1 is 1.60 bits per heavy atom. The normalized spacial score (nSPS) is 11.5.